The molecule has 3 nitrogen and oxygen atoms in total. The second kappa shape index (κ2) is 5.29. The van der Waals surface area contributed by atoms with Gasteiger partial charge in [0.25, 0.3) is 0 Å². The van der Waals surface area contributed by atoms with Gasteiger partial charge in [-0.25, -0.2) is 0 Å². The summed E-state index contributed by atoms with van der Waals surface area (Å²) in [5, 5.41) is 0.669. The van der Waals surface area contributed by atoms with E-state index in [1.807, 2.05) is 6.07 Å². The first-order valence-electron chi connectivity index (χ1n) is 6.27. The molecule has 0 aliphatic carbocycles. The standard InChI is InChI=1S/C15H15ClN2O/c16-14-7-18-4-3-10(14)6-15(17)11-1-2-12-8-19-9-13(12)5-11/h1-5,7,15H,6,8-9,17H2. The molecule has 1 aliphatic rings. The van der Waals surface area contributed by atoms with Gasteiger partial charge >= 0.3 is 0 Å². The molecule has 1 unspecified atom stereocenters. The van der Waals surface area contributed by atoms with Crippen molar-refractivity contribution in [2.45, 2.75) is 25.7 Å². The molecule has 98 valence electrons. The smallest absolute Gasteiger partial charge is 0.0725 e. The van der Waals surface area contributed by atoms with E-state index in [0.29, 0.717) is 24.7 Å². The van der Waals surface area contributed by atoms with Crippen LogP contribution in [0.4, 0.5) is 0 Å². The van der Waals surface area contributed by atoms with Gasteiger partial charge < -0.3 is 10.5 Å². The van der Waals surface area contributed by atoms with Crippen molar-refractivity contribution in [1.29, 1.82) is 0 Å². The second-order valence-corrected chi connectivity index (χ2v) is 5.21. The van der Waals surface area contributed by atoms with Crippen molar-refractivity contribution in [1.82, 2.24) is 4.98 Å². The molecular weight excluding hydrogens is 260 g/mol. The molecule has 0 bridgehead atoms. The Morgan fingerprint density at radius 3 is 2.95 bits per heavy atom. The molecule has 1 aromatic heterocycles. The van der Waals surface area contributed by atoms with Crippen LogP contribution in [0.25, 0.3) is 0 Å². The number of halogens is 1. The Labute approximate surface area is 117 Å². The highest BCUT2D eigenvalue weighted by atomic mass is 35.5. The van der Waals surface area contributed by atoms with E-state index < -0.39 is 0 Å². The van der Waals surface area contributed by atoms with E-state index in [1.54, 1.807) is 12.4 Å². The molecule has 0 fully saturated rings. The van der Waals surface area contributed by atoms with Gasteiger partial charge in [-0.2, -0.15) is 0 Å². The minimum absolute atomic E-state index is 0.0641. The van der Waals surface area contributed by atoms with Crippen molar-refractivity contribution < 1.29 is 4.74 Å². The number of fused-ring (bicyclic) bond motifs is 1. The fourth-order valence-electron chi connectivity index (χ4n) is 2.35. The Kier molecular flexibility index (Phi) is 3.51. The van der Waals surface area contributed by atoms with Crippen LogP contribution in [-0.4, -0.2) is 4.98 Å². The Morgan fingerprint density at radius 2 is 2.11 bits per heavy atom. The number of nitrogens with zero attached hydrogens (tertiary/aromatic N) is 1. The van der Waals surface area contributed by atoms with Gasteiger partial charge in [0.05, 0.1) is 18.2 Å². The SMILES string of the molecule is NC(Cc1ccncc1Cl)c1ccc2c(c1)COC2. The van der Waals surface area contributed by atoms with Crippen LogP contribution in [-0.2, 0) is 24.4 Å². The largest absolute Gasteiger partial charge is 0.372 e. The zero-order valence-electron chi connectivity index (χ0n) is 10.5. The number of aromatic nitrogens is 1. The lowest BCUT2D eigenvalue weighted by Gasteiger charge is -2.14. The molecule has 0 amide bonds. The average molecular weight is 275 g/mol. The zero-order valence-corrected chi connectivity index (χ0v) is 11.2. The maximum absolute atomic E-state index is 6.27. The molecule has 0 saturated heterocycles. The lowest BCUT2D eigenvalue weighted by Crippen LogP contribution is -2.14. The van der Waals surface area contributed by atoms with E-state index in [2.05, 4.69) is 23.2 Å². The van der Waals surface area contributed by atoms with Crippen molar-refractivity contribution in [3.63, 3.8) is 0 Å². The fourth-order valence-corrected chi connectivity index (χ4v) is 2.54. The predicted molar refractivity (Wildman–Crippen MR) is 74.8 cm³/mol. The summed E-state index contributed by atoms with van der Waals surface area (Å²) in [4.78, 5) is 3.98. The minimum Gasteiger partial charge on any atom is -0.372 e. The van der Waals surface area contributed by atoms with E-state index in [9.17, 15) is 0 Å². The van der Waals surface area contributed by atoms with Gasteiger partial charge in [-0.1, -0.05) is 29.8 Å². The molecule has 0 radical (unpaired) electrons. The van der Waals surface area contributed by atoms with E-state index in [1.165, 1.54) is 11.1 Å². The Bertz CT molecular complexity index is 600. The maximum atomic E-state index is 6.27. The lowest BCUT2D eigenvalue weighted by atomic mass is 9.97. The molecule has 2 heterocycles. The van der Waals surface area contributed by atoms with Crippen LogP contribution in [0.5, 0.6) is 0 Å². The maximum Gasteiger partial charge on any atom is 0.0725 e. The van der Waals surface area contributed by atoms with Crippen LogP contribution in [0.15, 0.2) is 36.7 Å². The van der Waals surface area contributed by atoms with Gasteiger partial charge in [0.1, 0.15) is 0 Å². The van der Waals surface area contributed by atoms with Crippen molar-refractivity contribution in [2.24, 2.45) is 5.73 Å². The van der Waals surface area contributed by atoms with Crippen LogP contribution < -0.4 is 5.73 Å². The first kappa shape index (κ1) is 12.6. The van der Waals surface area contributed by atoms with E-state index in [0.717, 1.165) is 11.1 Å². The monoisotopic (exact) mass is 274 g/mol. The molecule has 2 aromatic rings. The summed E-state index contributed by atoms with van der Waals surface area (Å²) < 4.78 is 5.42. The van der Waals surface area contributed by atoms with Crippen molar-refractivity contribution in [2.75, 3.05) is 0 Å². The third-order valence-electron chi connectivity index (χ3n) is 3.47. The molecule has 19 heavy (non-hydrogen) atoms. The van der Waals surface area contributed by atoms with Crippen molar-refractivity contribution in [3.8, 4) is 0 Å². The molecule has 0 saturated carbocycles. The van der Waals surface area contributed by atoms with Crippen molar-refractivity contribution >= 4 is 11.6 Å². The summed E-state index contributed by atoms with van der Waals surface area (Å²) in [7, 11) is 0. The third-order valence-corrected chi connectivity index (χ3v) is 3.81. The molecule has 1 atom stereocenters. The van der Waals surface area contributed by atoms with E-state index in [-0.39, 0.29) is 6.04 Å². The molecule has 3 rings (SSSR count). The quantitative estimate of drug-likeness (QED) is 0.936. The van der Waals surface area contributed by atoms with Crippen LogP contribution in [0.3, 0.4) is 0 Å². The fraction of sp³-hybridized carbons (Fsp3) is 0.267. The van der Waals surface area contributed by atoms with Gasteiger partial charge in [0.2, 0.25) is 0 Å². The lowest BCUT2D eigenvalue weighted by molar-refractivity contribution is 0.134. The molecule has 0 spiro atoms. The van der Waals surface area contributed by atoms with Crippen LogP contribution in [0.1, 0.15) is 28.3 Å². The molecular formula is C15H15ClN2O. The second-order valence-electron chi connectivity index (χ2n) is 4.80. The number of nitrogens with two attached hydrogens (primary N) is 1. The summed E-state index contributed by atoms with van der Waals surface area (Å²) in [5.41, 5.74) is 10.9. The van der Waals surface area contributed by atoms with Crippen molar-refractivity contribution in [3.05, 3.63) is 63.9 Å². The Hall–Kier alpha value is -1.42. The summed E-state index contributed by atoms with van der Waals surface area (Å²) >= 11 is 6.11. The number of ether oxygens (including phenoxy) is 1. The molecule has 4 heteroatoms. The number of benzene rings is 1. The van der Waals surface area contributed by atoms with E-state index in [4.69, 9.17) is 22.1 Å². The molecule has 1 aliphatic heterocycles. The summed E-state index contributed by atoms with van der Waals surface area (Å²) in [6.07, 6.45) is 4.10. The van der Waals surface area contributed by atoms with Gasteiger partial charge in [0, 0.05) is 18.4 Å². The topological polar surface area (TPSA) is 48.1 Å². The van der Waals surface area contributed by atoms with Gasteiger partial charge in [-0.05, 0) is 34.7 Å². The number of hydrogen-bond acceptors (Lipinski definition) is 3. The normalized spacial score (nSPS) is 15.3. The minimum atomic E-state index is -0.0641. The number of rotatable bonds is 3. The first-order valence-corrected chi connectivity index (χ1v) is 6.65. The van der Waals surface area contributed by atoms with Gasteiger partial charge in [-0.15, -0.1) is 0 Å². The van der Waals surface area contributed by atoms with Crippen LogP contribution >= 0.6 is 11.6 Å². The highest BCUT2D eigenvalue weighted by Gasteiger charge is 2.15. The first-order chi connectivity index (χ1) is 9.24. The van der Waals surface area contributed by atoms with Gasteiger partial charge in [-0.3, -0.25) is 4.98 Å². The highest BCUT2D eigenvalue weighted by molar-refractivity contribution is 6.31. The van der Waals surface area contributed by atoms with Crippen LogP contribution in [0.2, 0.25) is 5.02 Å². The summed E-state index contributed by atoms with van der Waals surface area (Å²) in [6.45, 7) is 1.40. The highest BCUT2D eigenvalue weighted by Crippen LogP contribution is 2.26. The van der Waals surface area contributed by atoms with Gasteiger partial charge in [0.15, 0.2) is 0 Å². The predicted octanol–water partition coefficient (Wildman–Crippen LogP) is 3.01. The van der Waals surface area contributed by atoms with Crippen LogP contribution in [0, 0.1) is 0 Å². The third kappa shape index (κ3) is 2.63. The summed E-state index contributed by atoms with van der Waals surface area (Å²) in [5.74, 6) is 0. The average Bonchev–Trinajstić information content (AvgIpc) is 2.88. The number of pyridine rings is 1. The molecule has 2 N–H and O–H groups in total. The summed E-state index contributed by atoms with van der Waals surface area (Å²) in [6, 6.07) is 8.17. The Balaban J connectivity index is 1.81. The Morgan fingerprint density at radius 1 is 1.26 bits per heavy atom. The number of hydrogen-bond donors (Lipinski definition) is 1. The van der Waals surface area contributed by atoms with E-state index >= 15 is 0 Å². The molecule has 1 aromatic carbocycles. The zero-order chi connectivity index (χ0) is 13.2.